The maximum absolute atomic E-state index is 13.0. The van der Waals surface area contributed by atoms with E-state index >= 15 is 0 Å². The first-order valence-electron chi connectivity index (χ1n) is 4.14. The molecule has 14 heavy (non-hydrogen) atoms. The number of hydrogen-bond donors (Lipinski definition) is 1. The van der Waals surface area contributed by atoms with Crippen molar-refractivity contribution < 1.29 is 4.39 Å². The van der Waals surface area contributed by atoms with Crippen LogP contribution in [0.15, 0.2) is 28.9 Å². The maximum Gasteiger partial charge on any atom is 0.133 e. The van der Waals surface area contributed by atoms with Gasteiger partial charge in [-0.2, -0.15) is 0 Å². The van der Waals surface area contributed by atoms with Crippen LogP contribution in [-0.4, -0.2) is 12.0 Å². The zero-order valence-corrected chi connectivity index (χ0v) is 9.10. The quantitative estimate of drug-likeness (QED) is 0.846. The largest absolute Gasteiger partial charge is 0.373 e. The van der Waals surface area contributed by atoms with Crippen LogP contribution in [0.25, 0.3) is 10.8 Å². The molecule has 0 atom stereocenters. The van der Waals surface area contributed by atoms with Crippen molar-refractivity contribution in [2.75, 3.05) is 12.4 Å². The van der Waals surface area contributed by atoms with E-state index in [1.54, 1.807) is 19.3 Å². The van der Waals surface area contributed by atoms with Crippen molar-refractivity contribution in [1.29, 1.82) is 0 Å². The summed E-state index contributed by atoms with van der Waals surface area (Å²) >= 11 is 3.37. The zero-order valence-electron chi connectivity index (χ0n) is 7.51. The summed E-state index contributed by atoms with van der Waals surface area (Å²) in [5, 5.41) is 4.66. The van der Waals surface area contributed by atoms with E-state index < -0.39 is 0 Å². The number of aromatic nitrogens is 1. The highest BCUT2D eigenvalue weighted by atomic mass is 79.9. The number of pyridine rings is 1. The molecule has 0 saturated heterocycles. The van der Waals surface area contributed by atoms with Crippen molar-refractivity contribution in [3.8, 4) is 0 Å². The van der Waals surface area contributed by atoms with Gasteiger partial charge in [0.2, 0.25) is 0 Å². The molecule has 1 N–H and O–H groups in total. The average Bonchev–Trinajstić information content (AvgIpc) is 2.18. The Kier molecular flexibility index (Phi) is 2.37. The zero-order chi connectivity index (χ0) is 10.1. The molecule has 1 heterocycles. The van der Waals surface area contributed by atoms with E-state index in [9.17, 15) is 4.39 Å². The molecule has 2 aromatic rings. The van der Waals surface area contributed by atoms with Gasteiger partial charge in [0.25, 0.3) is 0 Å². The molecule has 0 saturated carbocycles. The minimum Gasteiger partial charge on any atom is -0.373 e. The third kappa shape index (κ3) is 1.46. The first-order chi connectivity index (χ1) is 6.72. The molecule has 0 aliphatic heterocycles. The molecule has 1 aromatic heterocycles. The number of nitrogens with zero attached hydrogens (tertiary/aromatic N) is 1. The lowest BCUT2D eigenvalue weighted by Gasteiger charge is -2.06. The van der Waals surface area contributed by atoms with E-state index in [1.165, 1.54) is 12.1 Å². The molecule has 0 fully saturated rings. The summed E-state index contributed by atoms with van der Waals surface area (Å²) < 4.78 is 13.9. The fraction of sp³-hybridized carbons (Fsp3) is 0.100. The maximum atomic E-state index is 13.0. The minimum atomic E-state index is -0.256. The summed E-state index contributed by atoms with van der Waals surface area (Å²) in [6.07, 6.45) is 1.70. The molecule has 72 valence electrons. The van der Waals surface area contributed by atoms with Crippen LogP contribution in [0.1, 0.15) is 0 Å². The Morgan fingerprint density at radius 1 is 1.36 bits per heavy atom. The number of rotatable bonds is 1. The normalized spacial score (nSPS) is 10.5. The number of fused-ring (bicyclic) bond motifs is 1. The summed E-state index contributed by atoms with van der Waals surface area (Å²) in [5.41, 5.74) is 0. The monoisotopic (exact) mass is 254 g/mol. The van der Waals surface area contributed by atoms with Crippen LogP contribution in [0, 0.1) is 5.82 Å². The van der Waals surface area contributed by atoms with Crippen LogP contribution < -0.4 is 5.32 Å². The topological polar surface area (TPSA) is 24.9 Å². The van der Waals surface area contributed by atoms with Crippen molar-refractivity contribution in [1.82, 2.24) is 4.98 Å². The first-order valence-corrected chi connectivity index (χ1v) is 4.93. The third-order valence-electron chi connectivity index (χ3n) is 2.04. The van der Waals surface area contributed by atoms with Crippen molar-refractivity contribution >= 4 is 32.5 Å². The molecule has 0 unspecified atom stereocenters. The van der Waals surface area contributed by atoms with Gasteiger partial charge in [-0.05, 0) is 28.1 Å². The second kappa shape index (κ2) is 3.53. The Balaban J connectivity index is 2.85. The Bertz CT molecular complexity index is 485. The van der Waals surface area contributed by atoms with Gasteiger partial charge in [0.05, 0.1) is 0 Å². The van der Waals surface area contributed by atoms with Gasteiger partial charge in [-0.1, -0.05) is 6.07 Å². The molecular formula is C10H8BrFN2. The van der Waals surface area contributed by atoms with E-state index in [1.807, 2.05) is 0 Å². The SMILES string of the molecule is CNc1ncc(Br)c2ccc(F)cc12. The number of nitrogens with one attached hydrogen (secondary N) is 1. The average molecular weight is 255 g/mol. The van der Waals surface area contributed by atoms with E-state index in [2.05, 4.69) is 26.2 Å². The molecule has 4 heteroatoms. The Labute approximate surface area is 89.3 Å². The first kappa shape index (κ1) is 9.40. The van der Waals surface area contributed by atoms with Crippen LogP contribution in [0.3, 0.4) is 0 Å². The van der Waals surface area contributed by atoms with Crippen LogP contribution in [0.4, 0.5) is 10.2 Å². The van der Waals surface area contributed by atoms with Gasteiger partial charge >= 0.3 is 0 Å². The van der Waals surface area contributed by atoms with Crippen molar-refractivity contribution in [3.05, 3.63) is 34.7 Å². The summed E-state index contributed by atoms with van der Waals surface area (Å²) in [5.74, 6) is 0.427. The van der Waals surface area contributed by atoms with Crippen molar-refractivity contribution in [2.24, 2.45) is 0 Å². The van der Waals surface area contributed by atoms with Crippen LogP contribution in [0.2, 0.25) is 0 Å². The number of anilines is 1. The van der Waals surface area contributed by atoms with Crippen LogP contribution in [-0.2, 0) is 0 Å². The lowest BCUT2D eigenvalue weighted by molar-refractivity contribution is 0.629. The molecule has 2 nitrogen and oxygen atoms in total. The Hall–Kier alpha value is -1.16. The van der Waals surface area contributed by atoms with Crippen LogP contribution in [0.5, 0.6) is 0 Å². The van der Waals surface area contributed by atoms with Crippen LogP contribution >= 0.6 is 15.9 Å². The minimum absolute atomic E-state index is 0.256. The fourth-order valence-corrected chi connectivity index (χ4v) is 1.83. The standard InChI is InChI=1S/C10H8BrFN2/c1-13-10-8-4-6(12)2-3-7(8)9(11)5-14-10/h2-5H,1H3,(H,13,14). The number of halogens is 2. The third-order valence-corrected chi connectivity index (χ3v) is 2.67. The highest BCUT2D eigenvalue weighted by Crippen LogP contribution is 2.28. The number of hydrogen-bond acceptors (Lipinski definition) is 2. The van der Waals surface area contributed by atoms with Gasteiger partial charge in [0, 0.05) is 28.5 Å². The number of benzene rings is 1. The molecular weight excluding hydrogens is 247 g/mol. The molecule has 0 radical (unpaired) electrons. The lowest BCUT2D eigenvalue weighted by atomic mass is 10.1. The van der Waals surface area contributed by atoms with E-state index in [0.717, 1.165) is 15.2 Å². The van der Waals surface area contributed by atoms with Gasteiger partial charge < -0.3 is 5.32 Å². The van der Waals surface area contributed by atoms with E-state index in [0.29, 0.717) is 5.82 Å². The summed E-state index contributed by atoms with van der Waals surface area (Å²) in [6, 6.07) is 4.64. The van der Waals surface area contributed by atoms with Gasteiger partial charge in [-0.15, -0.1) is 0 Å². The highest BCUT2D eigenvalue weighted by molar-refractivity contribution is 9.10. The van der Waals surface area contributed by atoms with Crippen molar-refractivity contribution in [3.63, 3.8) is 0 Å². The second-order valence-electron chi connectivity index (χ2n) is 2.89. The molecule has 0 aliphatic carbocycles. The van der Waals surface area contributed by atoms with Gasteiger partial charge in [0.15, 0.2) is 0 Å². The predicted molar refractivity (Wildman–Crippen MR) is 58.9 cm³/mol. The van der Waals surface area contributed by atoms with Gasteiger partial charge in [-0.3, -0.25) is 0 Å². The lowest BCUT2D eigenvalue weighted by Crippen LogP contribution is -1.94. The summed E-state index contributed by atoms with van der Waals surface area (Å²) in [7, 11) is 1.76. The molecule has 1 aromatic carbocycles. The van der Waals surface area contributed by atoms with Gasteiger partial charge in [-0.25, -0.2) is 9.37 Å². The molecule has 2 rings (SSSR count). The Morgan fingerprint density at radius 2 is 2.14 bits per heavy atom. The fourth-order valence-electron chi connectivity index (χ4n) is 1.38. The smallest absolute Gasteiger partial charge is 0.133 e. The van der Waals surface area contributed by atoms with E-state index in [-0.39, 0.29) is 5.82 Å². The molecule has 0 aliphatic rings. The summed E-state index contributed by atoms with van der Waals surface area (Å²) in [4.78, 5) is 4.14. The predicted octanol–water partition coefficient (Wildman–Crippen LogP) is 3.18. The van der Waals surface area contributed by atoms with E-state index in [4.69, 9.17) is 0 Å². The van der Waals surface area contributed by atoms with Crippen molar-refractivity contribution in [2.45, 2.75) is 0 Å². The molecule has 0 spiro atoms. The summed E-state index contributed by atoms with van der Waals surface area (Å²) in [6.45, 7) is 0. The van der Waals surface area contributed by atoms with Gasteiger partial charge in [0.1, 0.15) is 11.6 Å². The molecule has 0 amide bonds. The Morgan fingerprint density at radius 3 is 2.86 bits per heavy atom. The highest BCUT2D eigenvalue weighted by Gasteiger charge is 2.05. The second-order valence-corrected chi connectivity index (χ2v) is 3.75. The molecule has 0 bridgehead atoms.